The lowest BCUT2D eigenvalue weighted by molar-refractivity contribution is -0.131. The molecule has 1 fully saturated rings. The number of hydrogen-bond donors (Lipinski definition) is 1. The van der Waals surface area contributed by atoms with Crippen molar-refractivity contribution in [3.05, 3.63) is 0 Å². The molecule has 0 aliphatic carbocycles. The molecule has 0 aromatic heterocycles. The van der Waals surface area contributed by atoms with E-state index in [2.05, 4.69) is 5.32 Å². The fourth-order valence-electron chi connectivity index (χ4n) is 2.15. The van der Waals surface area contributed by atoms with E-state index in [0.717, 1.165) is 6.54 Å². The number of carbonyl (C=O) groups is 1. The van der Waals surface area contributed by atoms with Crippen molar-refractivity contribution in [2.45, 2.75) is 33.2 Å². The van der Waals surface area contributed by atoms with Crippen molar-refractivity contribution in [1.82, 2.24) is 10.2 Å². The van der Waals surface area contributed by atoms with E-state index in [-0.39, 0.29) is 35.8 Å². The molecule has 1 N–H and O–H groups in total. The van der Waals surface area contributed by atoms with Crippen LogP contribution >= 0.6 is 0 Å². The van der Waals surface area contributed by atoms with Gasteiger partial charge in [0.1, 0.15) is 0 Å². The Balaban J connectivity index is 2.41. The van der Waals surface area contributed by atoms with Crippen molar-refractivity contribution in [1.29, 1.82) is 0 Å². The maximum atomic E-state index is 11.9. The Morgan fingerprint density at radius 1 is 1.44 bits per heavy atom. The minimum absolute atomic E-state index is 0.0255. The Labute approximate surface area is 110 Å². The Morgan fingerprint density at radius 3 is 2.67 bits per heavy atom. The second kappa shape index (κ2) is 6.52. The highest BCUT2D eigenvalue weighted by atomic mass is 32.2. The standard InChI is InChI=1S/C12H24N2O3S/c1-10(2)9-18(16,17)7-4-12(15)14-6-5-13-11(3)8-14/h10-11,13H,4-9H2,1-3H3. The number of piperazine rings is 1. The molecule has 1 heterocycles. The lowest BCUT2D eigenvalue weighted by Gasteiger charge is -2.32. The van der Waals surface area contributed by atoms with Gasteiger partial charge in [-0.05, 0) is 12.8 Å². The van der Waals surface area contributed by atoms with Gasteiger partial charge in [0.25, 0.3) is 0 Å². The number of amides is 1. The Hall–Kier alpha value is -0.620. The highest BCUT2D eigenvalue weighted by molar-refractivity contribution is 7.91. The second-order valence-corrected chi connectivity index (χ2v) is 7.68. The lowest BCUT2D eigenvalue weighted by Crippen LogP contribution is -2.51. The third-order valence-corrected chi connectivity index (χ3v) is 4.94. The molecule has 6 heteroatoms. The summed E-state index contributed by atoms with van der Waals surface area (Å²) < 4.78 is 23.4. The van der Waals surface area contributed by atoms with Gasteiger partial charge in [-0.15, -0.1) is 0 Å². The SMILES string of the molecule is CC(C)CS(=O)(=O)CCC(=O)N1CCNC(C)C1. The molecule has 18 heavy (non-hydrogen) atoms. The molecule has 1 unspecified atom stereocenters. The summed E-state index contributed by atoms with van der Waals surface area (Å²) in [5, 5.41) is 3.25. The summed E-state index contributed by atoms with van der Waals surface area (Å²) in [7, 11) is -3.09. The molecule has 0 saturated carbocycles. The van der Waals surface area contributed by atoms with Crippen LogP contribution in [0.25, 0.3) is 0 Å². The van der Waals surface area contributed by atoms with E-state index >= 15 is 0 Å². The first-order chi connectivity index (χ1) is 8.30. The number of carbonyl (C=O) groups excluding carboxylic acids is 1. The van der Waals surface area contributed by atoms with Gasteiger partial charge < -0.3 is 10.2 Å². The maximum absolute atomic E-state index is 11.9. The van der Waals surface area contributed by atoms with Gasteiger partial charge >= 0.3 is 0 Å². The van der Waals surface area contributed by atoms with Crippen molar-refractivity contribution < 1.29 is 13.2 Å². The van der Waals surface area contributed by atoms with E-state index in [4.69, 9.17) is 0 Å². The Bertz CT molecular complexity index is 379. The molecule has 1 rings (SSSR count). The van der Waals surface area contributed by atoms with Crippen LogP contribution in [0.4, 0.5) is 0 Å². The monoisotopic (exact) mass is 276 g/mol. The van der Waals surface area contributed by atoms with Crippen molar-refractivity contribution in [2.24, 2.45) is 5.92 Å². The van der Waals surface area contributed by atoms with Crippen LogP contribution in [0.15, 0.2) is 0 Å². The molecule has 0 spiro atoms. The summed E-state index contributed by atoms with van der Waals surface area (Å²) >= 11 is 0. The Morgan fingerprint density at radius 2 is 2.11 bits per heavy atom. The molecule has 1 aliphatic rings. The van der Waals surface area contributed by atoms with Crippen LogP contribution in [0.5, 0.6) is 0 Å². The first-order valence-corrected chi connectivity index (χ1v) is 8.34. The first-order valence-electron chi connectivity index (χ1n) is 6.52. The van der Waals surface area contributed by atoms with E-state index < -0.39 is 9.84 Å². The van der Waals surface area contributed by atoms with Crippen LogP contribution in [-0.4, -0.2) is 56.4 Å². The average molecular weight is 276 g/mol. The van der Waals surface area contributed by atoms with Gasteiger partial charge in [0.05, 0.1) is 11.5 Å². The second-order valence-electron chi connectivity index (χ2n) is 5.45. The zero-order chi connectivity index (χ0) is 13.8. The quantitative estimate of drug-likeness (QED) is 0.782. The topological polar surface area (TPSA) is 66.5 Å². The number of nitrogens with zero attached hydrogens (tertiary/aromatic N) is 1. The average Bonchev–Trinajstić information content (AvgIpc) is 2.24. The van der Waals surface area contributed by atoms with E-state index in [0.29, 0.717) is 13.1 Å². The fourth-order valence-corrected chi connectivity index (χ4v) is 3.82. The van der Waals surface area contributed by atoms with Crippen molar-refractivity contribution in [3.63, 3.8) is 0 Å². The van der Waals surface area contributed by atoms with Crippen LogP contribution < -0.4 is 5.32 Å². The molecule has 1 aliphatic heterocycles. The molecule has 1 atom stereocenters. The zero-order valence-corrected chi connectivity index (χ0v) is 12.3. The molecule has 0 aromatic rings. The van der Waals surface area contributed by atoms with Gasteiger partial charge in [-0.1, -0.05) is 13.8 Å². The molecule has 5 nitrogen and oxygen atoms in total. The predicted molar refractivity (Wildman–Crippen MR) is 72.2 cm³/mol. The van der Waals surface area contributed by atoms with Crippen molar-refractivity contribution >= 4 is 15.7 Å². The highest BCUT2D eigenvalue weighted by Gasteiger charge is 2.22. The summed E-state index contributed by atoms with van der Waals surface area (Å²) in [6.07, 6.45) is 0.113. The van der Waals surface area contributed by atoms with Gasteiger partial charge in [-0.25, -0.2) is 8.42 Å². The first kappa shape index (κ1) is 15.4. The van der Waals surface area contributed by atoms with Gasteiger partial charge in [0, 0.05) is 32.1 Å². The summed E-state index contributed by atoms with van der Waals surface area (Å²) in [6, 6.07) is 0.287. The molecule has 1 amide bonds. The zero-order valence-electron chi connectivity index (χ0n) is 11.5. The summed E-state index contributed by atoms with van der Waals surface area (Å²) in [5.41, 5.74) is 0. The number of nitrogens with one attached hydrogen (secondary N) is 1. The minimum Gasteiger partial charge on any atom is -0.340 e. The van der Waals surface area contributed by atoms with Crippen LogP contribution in [0, 0.1) is 5.92 Å². The number of rotatable bonds is 5. The van der Waals surface area contributed by atoms with E-state index in [1.807, 2.05) is 20.8 Å². The number of sulfone groups is 1. The van der Waals surface area contributed by atoms with Crippen molar-refractivity contribution in [3.8, 4) is 0 Å². The molecule has 0 aromatic carbocycles. The summed E-state index contributed by atoms with van der Waals surface area (Å²) in [6.45, 7) is 7.89. The summed E-state index contributed by atoms with van der Waals surface area (Å²) in [5.74, 6) is 0.209. The minimum atomic E-state index is -3.09. The van der Waals surface area contributed by atoms with Crippen LogP contribution in [-0.2, 0) is 14.6 Å². The smallest absolute Gasteiger partial charge is 0.223 e. The largest absolute Gasteiger partial charge is 0.340 e. The molecule has 1 saturated heterocycles. The maximum Gasteiger partial charge on any atom is 0.223 e. The van der Waals surface area contributed by atoms with E-state index in [1.165, 1.54) is 0 Å². The number of hydrogen-bond acceptors (Lipinski definition) is 4. The third-order valence-electron chi connectivity index (χ3n) is 2.94. The van der Waals surface area contributed by atoms with Gasteiger partial charge in [-0.3, -0.25) is 4.79 Å². The molecule has 106 valence electrons. The molecular formula is C12H24N2O3S. The molecular weight excluding hydrogens is 252 g/mol. The van der Waals surface area contributed by atoms with Crippen LogP contribution in [0.2, 0.25) is 0 Å². The van der Waals surface area contributed by atoms with Gasteiger partial charge in [0.15, 0.2) is 9.84 Å². The van der Waals surface area contributed by atoms with Gasteiger partial charge in [0.2, 0.25) is 5.91 Å². The van der Waals surface area contributed by atoms with Gasteiger partial charge in [-0.2, -0.15) is 0 Å². The van der Waals surface area contributed by atoms with Crippen LogP contribution in [0.3, 0.4) is 0 Å². The predicted octanol–water partition coefficient (Wildman–Crippen LogP) is 0.268. The van der Waals surface area contributed by atoms with E-state index in [1.54, 1.807) is 4.90 Å². The Kier molecular flexibility index (Phi) is 5.59. The lowest BCUT2D eigenvalue weighted by atomic mass is 10.2. The highest BCUT2D eigenvalue weighted by Crippen LogP contribution is 2.06. The normalized spacial score (nSPS) is 21.3. The summed E-state index contributed by atoms with van der Waals surface area (Å²) in [4.78, 5) is 13.7. The van der Waals surface area contributed by atoms with Crippen molar-refractivity contribution in [2.75, 3.05) is 31.1 Å². The molecule has 0 radical (unpaired) electrons. The fraction of sp³-hybridized carbons (Fsp3) is 0.917. The molecule has 0 bridgehead atoms. The van der Waals surface area contributed by atoms with Crippen LogP contribution in [0.1, 0.15) is 27.2 Å². The third kappa shape index (κ3) is 5.35. The van der Waals surface area contributed by atoms with E-state index in [9.17, 15) is 13.2 Å².